The number of furan rings is 1. The van der Waals surface area contributed by atoms with E-state index in [1.807, 2.05) is 12.1 Å². The fourth-order valence-electron chi connectivity index (χ4n) is 1.94. The molecule has 126 valence electrons. The fraction of sp³-hybridized carbons (Fsp3) is 0.500. The number of nitrogens with one attached hydrogen (secondary N) is 2. The summed E-state index contributed by atoms with van der Waals surface area (Å²) in [5, 5.41) is 9.78. The molecule has 2 rings (SSSR count). The minimum Gasteiger partial charge on any atom is -0.467 e. The number of aromatic nitrogens is 1. The second-order valence-electron chi connectivity index (χ2n) is 4.92. The molecule has 2 heterocycles. The van der Waals surface area contributed by atoms with Gasteiger partial charge in [0, 0.05) is 25.6 Å². The molecule has 0 saturated carbocycles. The Labute approximate surface area is 141 Å². The first-order valence-electron chi connectivity index (χ1n) is 7.79. The van der Waals surface area contributed by atoms with E-state index in [1.54, 1.807) is 24.6 Å². The average Bonchev–Trinajstić information content (AvgIpc) is 3.25. The first-order chi connectivity index (χ1) is 11.3. The molecule has 6 nitrogen and oxygen atoms in total. The normalized spacial score (nSPS) is 11.7. The molecule has 0 bridgehead atoms. The van der Waals surface area contributed by atoms with Gasteiger partial charge in [-0.3, -0.25) is 4.99 Å². The fourth-order valence-corrected chi connectivity index (χ4v) is 2.68. The van der Waals surface area contributed by atoms with Gasteiger partial charge in [0.2, 0.25) is 0 Å². The van der Waals surface area contributed by atoms with Gasteiger partial charge >= 0.3 is 0 Å². The van der Waals surface area contributed by atoms with Crippen LogP contribution in [0.2, 0.25) is 0 Å². The summed E-state index contributed by atoms with van der Waals surface area (Å²) in [6.45, 7) is 4.80. The van der Waals surface area contributed by atoms with Crippen LogP contribution in [0.1, 0.15) is 29.8 Å². The van der Waals surface area contributed by atoms with Crippen molar-refractivity contribution in [1.82, 2.24) is 15.6 Å². The van der Waals surface area contributed by atoms with E-state index in [9.17, 15) is 0 Å². The molecule has 0 spiro atoms. The predicted octanol–water partition coefficient (Wildman–Crippen LogP) is 2.57. The van der Waals surface area contributed by atoms with Crippen LogP contribution in [-0.4, -0.2) is 31.1 Å². The number of aryl methyl sites for hydroxylation is 1. The maximum atomic E-state index is 5.54. The van der Waals surface area contributed by atoms with E-state index in [1.165, 1.54) is 5.01 Å². The molecule has 0 aliphatic rings. The lowest BCUT2D eigenvalue weighted by Gasteiger charge is -2.11. The van der Waals surface area contributed by atoms with Crippen LogP contribution in [0.15, 0.2) is 33.2 Å². The van der Waals surface area contributed by atoms with Gasteiger partial charge in [0.25, 0.3) is 0 Å². The molecule has 0 fully saturated rings. The van der Waals surface area contributed by atoms with Gasteiger partial charge in [0.15, 0.2) is 5.96 Å². The molecule has 2 N–H and O–H groups in total. The molecule has 0 atom stereocenters. The van der Waals surface area contributed by atoms with Gasteiger partial charge in [-0.1, -0.05) is 6.92 Å². The number of hydrogen-bond acceptors (Lipinski definition) is 5. The average molecular weight is 336 g/mol. The van der Waals surface area contributed by atoms with Gasteiger partial charge in [0.1, 0.15) is 12.4 Å². The molecule has 0 radical (unpaired) electrons. The molecular formula is C16H24N4O2S. The van der Waals surface area contributed by atoms with Gasteiger partial charge in [-0.05, 0) is 25.0 Å². The molecule has 0 aliphatic heterocycles. The van der Waals surface area contributed by atoms with E-state index >= 15 is 0 Å². The summed E-state index contributed by atoms with van der Waals surface area (Å²) >= 11 is 1.70. The summed E-state index contributed by atoms with van der Waals surface area (Å²) in [6.07, 6.45) is 3.54. The van der Waals surface area contributed by atoms with Crippen molar-refractivity contribution in [3.05, 3.63) is 40.2 Å². The second-order valence-corrected chi connectivity index (χ2v) is 5.87. The largest absolute Gasteiger partial charge is 0.467 e. The quantitative estimate of drug-likeness (QED) is 0.418. The monoisotopic (exact) mass is 336 g/mol. The van der Waals surface area contributed by atoms with Crippen LogP contribution >= 0.6 is 11.3 Å². The summed E-state index contributed by atoms with van der Waals surface area (Å²) in [4.78, 5) is 8.73. The van der Waals surface area contributed by atoms with E-state index < -0.39 is 0 Å². The van der Waals surface area contributed by atoms with Crippen molar-refractivity contribution in [3.8, 4) is 0 Å². The van der Waals surface area contributed by atoms with Crippen LogP contribution in [0.4, 0.5) is 0 Å². The van der Waals surface area contributed by atoms with Crippen LogP contribution < -0.4 is 10.6 Å². The third kappa shape index (κ3) is 6.42. The Hall–Kier alpha value is -1.86. The number of hydrogen-bond donors (Lipinski definition) is 2. The van der Waals surface area contributed by atoms with Crippen molar-refractivity contribution in [2.75, 3.05) is 20.2 Å². The Morgan fingerprint density at radius 2 is 2.35 bits per heavy atom. The highest BCUT2D eigenvalue weighted by Gasteiger charge is 2.02. The summed E-state index contributed by atoms with van der Waals surface area (Å²) < 4.78 is 10.7. The topological polar surface area (TPSA) is 71.7 Å². The Morgan fingerprint density at radius 1 is 1.43 bits per heavy atom. The molecule has 7 heteroatoms. The molecule has 0 saturated heterocycles. The van der Waals surface area contributed by atoms with Crippen LogP contribution in [-0.2, 0) is 24.3 Å². The summed E-state index contributed by atoms with van der Waals surface area (Å²) in [5.74, 6) is 1.63. The molecule has 2 aromatic heterocycles. The third-order valence-corrected chi connectivity index (χ3v) is 4.19. The van der Waals surface area contributed by atoms with Crippen LogP contribution in [0.3, 0.4) is 0 Å². The molecule has 23 heavy (non-hydrogen) atoms. The van der Waals surface area contributed by atoms with Crippen LogP contribution in [0, 0.1) is 0 Å². The highest BCUT2D eigenvalue weighted by molar-refractivity contribution is 7.09. The molecule has 0 aliphatic carbocycles. The van der Waals surface area contributed by atoms with Gasteiger partial charge < -0.3 is 19.8 Å². The summed E-state index contributed by atoms with van der Waals surface area (Å²) in [5.41, 5.74) is 1.05. The zero-order chi connectivity index (χ0) is 16.3. The molecule has 0 aromatic carbocycles. The zero-order valence-corrected chi connectivity index (χ0v) is 14.5. The summed E-state index contributed by atoms with van der Waals surface area (Å²) in [7, 11) is 1.77. The lowest BCUT2D eigenvalue weighted by Crippen LogP contribution is -2.37. The Morgan fingerprint density at radius 3 is 3.04 bits per heavy atom. The van der Waals surface area contributed by atoms with E-state index in [2.05, 4.69) is 32.9 Å². The van der Waals surface area contributed by atoms with Gasteiger partial charge in [-0.25, -0.2) is 4.98 Å². The molecule has 0 unspecified atom stereocenters. The lowest BCUT2D eigenvalue weighted by atomic mass is 10.4. The van der Waals surface area contributed by atoms with E-state index in [0.717, 1.165) is 36.8 Å². The summed E-state index contributed by atoms with van der Waals surface area (Å²) in [6, 6.07) is 3.77. The van der Waals surface area contributed by atoms with Crippen molar-refractivity contribution in [1.29, 1.82) is 0 Å². The number of aliphatic imine (C=N–C) groups is 1. The Bertz CT molecular complexity index is 581. The number of nitrogens with zero attached hydrogens (tertiary/aromatic N) is 2. The van der Waals surface area contributed by atoms with E-state index in [4.69, 9.17) is 9.15 Å². The first kappa shape index (κ1) is 17.5. The molecule has 2 aromatic rings. The van der Waals surface area contributed by atoms with E-state index in [-0.39, 0.29) is 0 Å². The Balaban J connectivity index is 1.55. The number of ether oxygens (including phenoxy) is 1. The van der Waals surface area contributed by atoms with Gasteiger partial charge in [0.05, 0.1) is 23.5 Å². The van der Waals surface area contributed by atoms with Crippen molar-refractivity contribution in [2.45, 2.75) is 32.9 Å². The van der Waals surface area contributed by atoms with Crippen molar-refractivity contribution >= 4 is 17.3 Å². The zero-order valence-electron chi connectivity index (χ0n) is 13.7. The van der Waals surface area contributed by atoms with Crippen molar-refractivity contribution in [2.24, 2.45) is 4.99 Å². The second kappa shape index (κ2) is 10.0. The molecular weight excluding hydrogens is 312 g/mol. The SMILES string of the molecule is CCc1nc(CNC(=NC)NCCCOCc2ccco2)cs1. The minimum atomic E-state index is 0.517. The van der Waals surface area contributed by atoms with Crippen molar-refractivity contribution < 1.29 is 9.15 Å². The first-order valence-corrected chi connectivity index (χ1v) is 8.67. The van der Waals surface area contributed by atoms with Crippen LogP contribution in [0.5, 0.6) is 0 Å². The standard InChI is InChI=1S/C16H24N4O2S/c1-3-15-20-13(12-23-15)10-19-16(17-2)18-7-5-8-21-11-14-6-4-9-22-14/h4,6,9,12H,3,5,7-8,10-11H2,1-2H3,(H2,17,18,19). The minimum absolute atomic E-state index is 0.517. The van der Waals surface area contributed by atoms with Crippen molar-refractivity contribution in [3.63, 3.8) is 0 Å². The maximum Gasteiger partial charge on any atom is 0.191 e. The molecule has 0 amide bonds. The highest BCUT2D eigenvalue weighted by atomic mass is 32.1. The van der Waals surface area contributed by atoms with Gasteiger partial charge in [-0.15, -0.1) is 11.3 Å². The van der Waals surface area contributed by atoms with Gasteiger partial charge in [-0.2, -0.15) is 0 Å². The maximum absolute atomic E-state index is 5.54. The van der Waals surface area contributed by atoms with E-state index in [0.29, 0.717) is 19.8 Å². The number of thiazole rings is 1. The highest BCUT2D eigenvalue weighted by Crippen LogP contribution is 2.09. The number of rotatable bonds is 9. The van der Waals surface area contributed by atoms with Crippen LogP contribution in [0.25, 0.3) is 0 Å². The Kier molecular flexibility index (Phi) is 7.62. The number of guanidine groups is 1. The predicted molar refractivity (Wildman–Crippen MR) is 92.7 cm³/mol. The third-order valence-electron chi connectivity index (χ3n) is 3.14. The smallest absolute Gasteiger partial charge is 0.191 e. The lowest BCUT2D eigenvalue weighted by molar-refractivity contribution is 0.105.